The van der Waals surface area contributed by atoms with E-state index in [9.17, 15) is 8.78 Å². The van der Waals surface area contributed by atoms with Gasteiger partial charge in [-0.1, -0.05) is 37.6 Å². The topological polar surface area (TPSA) is 27.7 Å². The minimum atomic E-state index is -1.86. The average molecular weight is 489 g/mol. The summed E-state index contributed by atoms with van der Waals surface area (Å²) in [4.78, 5) is 0. The minimum Gasteiger partial charge on any atom is -0.486 e. The van der Waals surface area contributed by atoms with Gasteiger partial charge in [0.05, 0.1) is 6.10 Å². The Balaban J connectivity index is 1.27. The first-order valence-corrected chi connectivity index (χ1v) is 13.6. The van der Waals surface area contributed by atoms with Gasteiger partial charge in [0.25, 0.3) is 0 Å². The maximum Gasteiger partial charge on any atom is 0.187 e. The van der Waals surface area contributed by atoms with Crippen LogP contribution in [0.2, 0.25) is 0 Å². The third kappa shape index (κ3) is 6.35. The third-order valence-corrected chi connectivity index (χ3v) is 8.24. The van der Waals surface area contributed by atoms with E-state index >= 15 is 0 Å². The van der Waals surface area contributed by atoms with Crippen LogP contribution in [0.25, 0.3) is 0 Å². The second-order valence-electron chi connectivity index (χ2n) is 10.7. The van der Waals surface area contributed by atoms with Gasteiger partial charge in [-0.3, -0.25) is 0 Å². The summed E-state index contributed by atoms with van der Waals surface area (Å²) in [5.74, 6) is 1.28. The number of halogens is 2. The van der Waals surface area contributed by atoms with E-state index in [1.165, 1.54) is 63.0 Å². The molecule has 2 saturated carbocycles. The Morgan fingerprint density at radius 3 is 2.49 bits per heavy atom. The van der Waals surface area contributed by atoms with Gasteiger partial charge in [-0.25, -0.2) is 8.78 Å². The molecule has 3 nitrogen and oxygen atoms in total. The second-order valence-corrected chi connectivity index (χ2v) is 10.7. The maximum absolute atomic E-state index is 14.6. The molecule has 0 amide bonds. The third-order valence-electron chi connectivity index (χ3n) is 8.24. The normalized spacial score (nSPS) is 33.0. The molecule has 5 heteroatoms. The lowest BCUT2D eigenvalue weighted by Gasteiger charge is -2.42. The largest absolute Gasteiger partial charge is 0.486 e. The Bertz CT molecular complexity index is 880. The van der Waals surface area contributed by atoms with Crippen LogP contribution in [0.5, 0.6) is 0 Å². The zero-order chi connectivity index (χ0) is 24.8. The number of ether oxygens (including phenoxy) is 3. The summed E-state index contributed by atoms with van der Waals surface area (Å²) in [6.45, 7) is 6.97. The number of fused-ring (bicyclic) bond motifs is 1. The highest BCUT2D eigenvalue weighted by atomic mass is 19.2. The molecular weight excluding hydrogens is 446 g/mol. The maximum atomic E-state index is 14.6. The molecule has 0 heterocycles. The predicted molar refractivity (Wildman–Crippen MR) is 136 cm³/mol. The van der Waals surface area contributed by atoms with E-state index in [0.717, 1.165) is 24.0 Å². The van der Waals surface area contributed by atoms with E-state index in [1.807, 2.05) is 0 Å². The lowest BCUT2D eigenvalue weighted by molar-refractivity contribution is -0.0425. The van der Waals surface area contributed by atoms with Crippen molar-refractivity contribution in [1.29, 1.82) is 0 Å². The SMILES string of the molecule is CCCCOC1CCC2CC(c3ccc(COC4=C(F)C(F)C(C)(OCC)C=C4)cc3)CCC2C1. The van der Waals surface area contributed by atoms with E-state index in [1.54, 1.807) is 19.9 Å². The smallest absolute Gasteiger partial charge is 0.187 e. The van der Waals surface area contributed by atoms with E-state index in [4.69, 9.17) is 14.2 Å². The van der Waals surface area contributed by atoms with Crippen molar-refractivity contribution in [3.05, 3.63) is 59.1 Å². The van der Waals surface area contributed by atoms with Crippen LogP contribution in [0, 0.1) is 11.8 Å². The zero-order valence-electron chi connectivity index (χ0n) is 21.6. The van der Waals surface area contributed by atoms with Gasteiger partial charge >= 0.3 is 0 Å². The number of rotatable bonds is 10. The Morgan fingerprint density at radius 1 is 1.00 bits per heavy atom. The summed E-state index contributed by atoms with van der Waals surface area (Å²) < 4.78 is 46.3. The highest BCUT2D eigenvalue weighted by Gasteiger charge is 2.41. The van der Waals surface area contributed by atoms with Crippen molar-refractivity contribution >= 4 is 0 Å². The lowest BCUT2D eigenvalue weighted by atomic mass is 9.65. The molecular formula is C30H42F2O3. The van der Waals surface area contributed by atoms with E-state index in [2.05, 4.69) is 31.2 Å². The summed E-state index contributed by atoms with van der Waals surface area (Å²) in [6.07, 6.45) is 11.5. The highest BCUT2D eigenvalue weighted by Crippen LogP contribution is 2.46. The van der Waals surface area contributed by atoms with Gasteiger partial charge < -0.3 is 14.2 Å². The monoisotopic (exact) mass is 488 g/mol. The molecule has 1 aromatic rings. The van der Waals surface area contributed by atoms with Crippen LogP contribution in [0.15, 0.2) is 48.0 Å². The van der Waals surface area contributed by atoms with Gasteiger partial charge in [-0.2, -0.15) is 0 Å². The molecule has 1 aromatic carbocycles. The van der Waals surface area contributed by atoms with Gasteiger partial charge in [0.15, 0.2) is 17.8 Å². The average Bonchev–Trinajstić information content (AvgIpc) is 2.87. The molecule has 0 N–H and O–H groups in total. The van der Waals surface area contributed by atoms with Crippen molar-refractivity contribution in [2.45, 2.75) is 103 Å². The van der Waals surface area contributed by atoms with Crippen LogP contribution in [0.4, 0.5) is 8.78 Å². The van der Waals surface area contributed by atoms with Gasteiger partial charge in [-0.15, -0.1) is 0 Å². The first-order valence-electron chi connectivity index (χ1n) is 13.6. The quantitative estimate of drug-likeness (QED) is 0.313. The number of allylic oxidation sites excluding steroid dienone is 1. The molecule has 0 bridgehead atoms. The Hall–Kier alpha value is -1.72. The van der Waals surface area contributed by atoms with Crippen LogP contribution in [-0.4, -0.2) is 31.1 Å². The van der Waals surface area contributed by atoms with E-state index in [-0.39, 0.29) is 12.4 Å². The summed E-state index contributed by atoms with van der Waals surface area (Å²) in [7, 11) is 0. The molecule has 35 heavy (non-hydrogen) atoms. The predicted octanol–water partition coefficient (Wildman–Crippen LogP) is 7.96. The minimum absolute atomic E-state index is 0.0497. The fourth-order valence-corrected chi connectivity index (χ4v) is 6.07. The van der Waals surface area contributed by atoms with Crippen molar-refractivity contribution in [2.75, 3.05) is 13.2 Å². The van der Waals surface area contributed by atoms with Crippen LogP contribution < -0.4 is 0 Å². The summed E-state index contributed by atoms with van der Waals surface area (Å²) >= 11 is 0. The van der Waals surface area contributed by atoms with Crippen LogP contribution in [0.3, 0.4) is 0 Å². The van der Waals surface area contributed by atoms with Crippen LogP contribution in [0.1, 0.15) is 89.2 Å². The molecule has 0 saturated heterocycles. The molecule has 6 atom stereocenters. The lowest BCUT2D eigenvalue weighted by Crippen LogP contribution is -2.40. The Kier molecular flexibility index (Phi) is 9.04. The number of unbranched alkanes of at least 4 members (excludes halogenated alkanes) is 1. The fraction of sp³-hybridized carbons (Fsp3) is 0.667. The van der Waals surface area contributed by atoms with Crippen molar-refractivity contribution in [1.82, 2.24) is 0 Å². The molecule has 0 radical (unpaired) electrons. The number of alkyl halides is 1. The van der Waals surface area contributed by atoms with Gasteiger partial charge in [0, 0.05) is 13.2 Å². The summed E-state index contributed by atoms with van der Waals surface area (Å²) in [5, 5.41) is 0. The van der Waals surface area contributed by atoms with Crippen molar-refractivity contribution in [3.63, 3.8) is 0 Å². The molecule has 2 fully saturated rings. The van der Waals surface area contributed by atoms with Gasteiger partial charge in [0.2, 0.25) is 0 Å². The molecule has 0 aliphatic heterocycles. The van der Waals surface area contributed by atoms with E-state index < -0.39 is 17.6 Å². The number of hydrogen-bond acceptors (Lipinski definition) is 3. The summed E-state index contributed by atoms with van der Waals surface area (Å²) in [5.41, 5.74) is 1.05. The molecule has 194 valence electrons. The van der Waals surface area contributed by atoms with Crippen molar-refractivity contribution < 1.29 is 23.0 Å². The molecule has 0 aromatic heterocycles. The van der Waals surface area contributed by atoms with Gasteiger partial charge in [0.1, 0.15) is 12.2 Å². The number of hydrogen-bond donors (Lipinski definition) is 0. The van der Waals surface area contributed by atoms with Crippen LogP contribution >= 0.6 is 0 Å². The van der Waals surface area contributed by atoms with E-state index in [0.29, 0.717) is 18.6 Å². The molecule has 4 rings (SSSR count). The van der Waals surface area contributed by atoms with Crippen molar-refractivity contribution in [3.8, 4) is 0 Å². The molecule has 0 spiro atoms. The number of benzene rings is 1. The Morgan fingerprint density at radius 2 is 1.74 bits per heavy atom. The molecule has 3 aliphatic carbocycles. The van der Waals surface area contributed by atoms with Crippen molar-refractivity contribution in [2.24, 2.45) is 11.8 Å². The first kappa shape index (κ1) is 26.3. The summed E-state index contributed by atoms with van der Waals surface area (Å²) in [6, 6.07) is 8.49. The first-order chi connectivity index (χ1) is 16.9. The molecule has 3 aliphatic rings. The highest BCUT2D eigenvalue weighted by molar-refractivity contribution is 5.32. The Labute approximate surface area is 209 Å². The van der Waals surface area contributed by atoms with Gasteiger partial charge in [-0.05, 0) is 99.8 Å². The fourth-order valence-electron chi connectivity index (χ4n) is 6.07. The molecule has 6 unspecified atom stereocenters. The second kappa shape index (κ2) is 12.0. The zero-order valence-corrected chi connectivity index (χ0v) is 21.6. The van der Waals surface area contributed by atoms with Crippen LogP contribution in [-0.2, 0) is 20.8 Å². The standard InChI is InChI=1S/C30H42F2O3/c1-4-6-17-33-26-14-13-24-18-23(11-12-25(24)19-26)22-9-7-21(8-10-22)20-34-27-15-16-30(3,35-5-2)29(32)28(27)31/h7-10,15-16,23-26,29H,4-6,11-14,17-20H2,1-3H3.